The van der Waals surface area contributed by atoms with Crippen LogP contribution in [0.2, 0.25) is 0 Å². The minimum absolute atomic E-state index is 0. The molecule has 0 aliphatic carbocycles. The van der Waals surface area contributed by atoms with E-state index >= 15 is 0 Å². The fraction of sp³-hybridized carbons (Fsp3) is 0. The second-order valence-electron chi connectivity index (χ2n) is 0.483. The van der Waals surface area contributed by atoms with Crippen LogP contribution in [0.3, 0.4) is 0 Å². The molecule has 0 saturated heterocycles. The number of hydrogen-bond acceptors (Lipinski definition) is 5. The van der Waals surface area contributed by atoms with Gasteiger partial charge in [0.05, 0.1) is 0 Å². The van der Waals surface area contributed by atoms with E-state index in [9.17, 15) is 0 Å². The van der Waals surface area contributed by atoms with E-state index in [0.29, 0.717) is 0 Å². The van der Waals surface area contributed by atoms with Gasteiger partial charge in [-0.2, -0.15) is 0 Å². The molecule has 8 heteroatoms. The van der Waals surface area contributed by atoms with Crippen molar-refractivity contribution in [2.45, 2.75) is 0 Å². The molecule has 5 nitrogen and oxygen atoms in total. The second kappa shape index (κ2) is 6.01. The predicted molar refractivity (Wildman–Crippen MR) is 19.2 cm³/mol. The fourth-order valence-electron chi connectivity index (χ4n) is 0. The Hall–Kier alpha value is 0.886. The smallest absolute Gasteiger partial charge is 1.00 e. The Bertz CT molecular complexity index is 114. The van der Waals surface area contributed by atoms with Gasteiger partial charge in [0, 0.05) is 0 Å². The largest absolute Gasteiger partial charge is 2.00 e. The Balaban J connectivity index is -0.000000125. The van der Waals surface area contributed by atoms with E-state index in [1.807, 2.05) is 0 Å². The molecule has 0 aliphatic rings. The van der Waals surface area contributed by atoms with Gasteiger partial charge >= 0.3 is 23.1 Å². The first-order valence-electron chi connectivity index (χ1n) is 0.849. The third-order valence-electron chi connectivity index (χ3n) is 0.0913. The van der Waals surface area contributed by atoms with Gasteiger partial charge in [0.15, 0.2) is 0 Å². The standard InChI is InChI=1S/ClH.Mg.H2O5S/c;;1-5-6(2,3)4/h1H;;1H,(H,2,3,4)/q;+2;/p-2. The quantitative estimate of drug-likeness (QED) is 0.142. The molecule has 0 aromatic rings. The molecule has 8 heavy (non-hydrogen) atoms. The maximum absolute atomic E-state index is 8.97. The van der Waals surface area contributed by atoms with E-state index in [4.69, 9.17) is 18.2 Å². The molecule has 0 saturated carbocycles. The number of halogens is 1. The predicted octanol–water partition coefficient (Wildman–Crippen LogP) is -4.44. The van der Waals surface area contributed by atoms with Crippen molar-refractivity contribution in [2.75, 3.05) is 0 Å². The summed E-state index contributed by atoms with van der Waals surface area (Å²) in [5.41, 5.74) is 0. The van der Waals surface area contributed by atoms with Crippen LogP contribution in [-0.2, 0) is 14.7 Å². The summed E-state index contributed by atoms with van der Waals surface area (Å²) in [6, 6.07) is 0. The molecule has 0 bridgehead atoms. The molecule has 0 unspecified atom stereocenters. The van der Waals surface area contributed by atoms with Gasteiger partial charge in [-0.15, -0.1) is 4.33 Å². The monoisotopic (exact) mass is 172 g/mol. The van der Waals surface area contributed by atoms with Crippen molar-refractivity contribution in [1.29, 1.82) is 0 Å². The average Bonchev–Trinajstić information content (AvgIpc) is 1.35. The van der Waals surface area contributed by atoms with E-state index in [2.05, 4.69) is 4.33 Å². The van der Waals surface area contributed by atoms with E-state index in [1.165, 1.54) is 0 Å². The van der Waals surface area contributed by atoms with Gasteiger partial charge in [-0.25, -0.2) is 13.7 Å². The van der Waals surface area contributed by atoms with Crippen LogP contribution >= 0.6 is 0 Å². The molecule has 0 aromatic carbocycles. The van der Waals surface area contributed by atoms with Gasteiger partial charge < -0.3 is 17.0 Å². The molecule has 1 N–H and O–H groups in total. The van der Waals surface area contributed by atoms with Crippen LogP contribution in [0.15, 0.2) is 0 Å². The van der Waals surface area contributed by atoms with Crippen molar-refractivity contribution >= 4 is 33.5 Å². The van der Waals surface area contributed by atoms with Crippen LogP contribution < -0.4 is 12.4 Å². The van der Waals surface area contributed by atoms with Crippen molar-refractivity contribution in [3.8, 4) is 0 Å². The van der Waals surface area contributed by atoms with E-state index in [1.54, 1.807) is 0 Å². The summed E-state index contributed by atoms with van der Waals surface area (Å²) in [5, 5.41) is 7.00. The Morgan fingerprint density at radius 2 is 1.62 bits per heavy atom. The minimum atomic E-state index is -4.86. The zero-order valence-electron chi connectivity index (χ0n) is 3.57. The molecule has 46 valence electrons. The Labute approximate surface area is 68.5 Å². The average molecular weight is 173 g/mol. The second-order valence-corrected chi connectivity index (χ2v) is 1.45. The first-order chi connectivity index (χ1) is 2.56. The van der Waals surface area contributed by atoms with Crippen molar-refractivity contribution in [2.24, 2.45) is 0 Å². The molecule has 0 amide bonds. The molecule has 0 heterocycles. The van der Waals surface area contributed by atoms with Crippen LogP contribution in [0.1, 0.15) is 0 Å². The maximum Gasteiger partial charge on any atom is 2.00 e. The Morgan fingerprint density at radius 1 is 1.50 bits per heavy atom. The summed E-state index contributed by atoms with van der Waals surface area (Å²) in [4.78, 5) is 0. The molecule has 0 atom stereocenters. The maximum atomic E-state index is 8.97. The fourth-order valence-corrected chi connectivity index (χ4v) is 0. The zero-order chi connectivity index (χ0) is 5.21. The zero-order valence-corrected chi connectivity index (χ0v) is 6.56. The SMILES string of the molecule is O=S(=O)([O-])OO.[Cl-].[Mg+2]. The molecular formula is HClMgO5S. The Morgan fingerprint density at radius 3 is 1.62 bits per heavy atom. The van der Waals surface area contributed by atoms with Gasteiger partial charge in [0.25, 0.3) is 0 Å². The third kappa shape index (κ3) is 15.8. The normalized spacial score (nSPS) is 8.75. The molecule has 0 rings (SSSR count). The summed E-state index contributed by atoms with van der Waals surface area (Å²) < 4.78 is 29.3. The minimum Gasteiger partial charge on any atom is -1.00 e. The van der Waals surface area contributed by atoms with Gasteiger partial charge in [-0.3, -0.25) is 0 Å². The van der Waals surface area contributed by atoms with Crippen LogP contribution in [0.25, 0.3) is 0 Å². The number of hydrogen-bond donors (Lipinski definition) is 1. The third-order valence-corrected chi connectivity index (χ3v) is 0.274. The van der Waals surface area contributed by atoms with Crippen LogP contribution in [0.5, 0.6) is 0 Å². The van der Waals surface area contributed by atoms with Gasteiger partial charge in [-0.05, 0) is 0 Å². The van der Waals surface area contributed by atoms with Crippen molar-refractivity contribution in [3.05, 3.63) is 0 Å². The van der Waals surface area contributed by atoms with Crippen molar-refractivity contribution in [3.63, 3.8) is 0 Å². The molecule has 0 aromatic heterocycles. The summed E-state index contributed by atoms with van der Waals surface area (Å²) in [6.07, 6.45) is 0. The molecule has 0 spiro atoms. The van der Waals surface area contributed by atoms with Gasteiger partial charge in [-0.1, -0.05) is 0 Å². The Kier molecular flexibility index (Phi) is 12.0. The summed E-state index contributed by atoms with van der Waals surface area (Å²) in [6.45, 7) is 0. The van der Waals surface area contributed by atoms with E-state index < -0.39 is 10.4 Å². The van der Waals surface area contributed by atoms with Crippen LogP contribution in [0, 0.1) is 0 Å². The summed E-state index contributed by atoms with van der Waals surface area (Å²) in [7, 11) is -4.86. The summed E-state index contributed by atoms with van der Waals surface area (Å²) in [5.74, 6) is 0. The summed E-state index contributed by atoms with van der Waals surface area (Å²) >= 11 is 0. The molecule has 0 radical (unpaired) electrons. The van der Waals surface area contributed by atoms with Gasteiger partial charge in [0.2, 0.25) is 10.4 Å². The van der Waals surface area contributed by atoms with Crippen LogP contribution in [0.4, 0.5) is 0 Å². The first-order valence-corrected chi connectivity index (χ1v) is 2.18. The molecular weight excluding hydrogens is 172 g/mol. The number of rotatable bonds is 1. The van der Waals surface area contributed by atoms with Crippen LogP contribution in [-0.4, -0.2) is 41.3 Å². The van der Waals surface area contributed by atoms with Crippen molar-refractivity contribution < 1.29 is 35.0 Å². The van der Waals surface area contributed by atoms with E-state index in [-0.39, 0.29) is 35.5 Å². The van der Waals surface area contributed by atoms with Crippen molar-refractivity contribution in [1.82, 2.24) is 0 Å². The topological polar surface area (TPSA) is 86.7 Å². The van der Waals surface area contributed by atoms with Gasteiger partial charge in [0.1, 0.15) is 0 Å². The molecule has 0 aliphatic heterocycles. The first kappa shape index (κ1) is 16.0. The molecule has 0 fully saturated rings. The van der Waals surface area contributed by atoms with E-state index in [0.717, 1.165) is 0 Å².